The predicted octanol–water partition coefficient (Wildman–Crippen LogP) is 5.55. The highest BCUT2D eigenvalue weighted by molar-refractivity contribution is 6.30. The third-order valence-electron chi connectivity index (χ3n) is 3.90. The number of esters is 1. The summed E-state index contributed by atoms with van der Waals surface area (Å²) in [6, 6.07) is 17.4. The van der Waals surface area contributed by atoms with Gasteiger partial charge in [-0.3, -0.25) is 4.98 Å². The van der Waals surface area contributed by atoms with Crippen LogP contribution in [0.3, 0.4) is 0 Å². The Labute approximate surface area is 152 Å². The van der Waals surface area contributed by atoms with Crippen molar-refractivity contribution >= 4 is 17.6 Å². The Hall–Kier alpha value is -2.65. The van der Waals surface area contributed by atoms with Crippen molar-refractivity contribution in [2.24, 2.45) is 0 Å². The first kappa shape index (κ1) is 17.2. The Morgan fingerprint density at radius 1 is 1.04 bits per heavy atom. The topological polar surface area (TPSA) is 39.2 Å². The van der Waals surface area contributed by atoms with Gasteiger partial charge in [0.2, 0.25) is 0 Å². The Morgan fingerprint density at radius 2 is 1.68 bits per heavy atom. The number of carbonyl (C=O) groups is 1. The van der Waals surface area contributed by atoms with Crippen LogP contribution in [0.5, 0.6) is 0 Å². The number of pyridine rings is 1. The van der Waals surface area contributed by atoms with Gasteiger partial charge in [0.15, 0.2) is 0 Å². The van der Waals surface area contributed by atoms with Crippen LogP contribution >= 0.6 is 11.6 Å². The van der Waals surface area contributed by atoms with Crippen molar-refractivity contribution in [3.05, 3.63) is 76.9 Å². The molecule has 0 saturated heterocycles. The van der Waals surface area contributed by atoms with E-state index in [9.17, 15) is 4.79 Å². The smallest absolute Gasteiger partial charge is 0.340 e. The number of carbonyl (C=O) groups excluding carboxylic acids is 1. The summed E-state index contributed by atoms with van der Waals surface area (Å²) in [6.07, 6.45) is 1.58. The Morgan fingerprint density at radius 3 is 2.32 bits per heavy atom. The van der Waals surface area contributed by atoms with E-state index in [1.807, 2.05) is 49.4 Å². The lowest BCUT2D eigenvalue weighted by atomic mass is 9.98. The fraction of sp³-hybridized carbons (Fsp3) is 0.143. The van der Waals surface area contributed by atoms with Gasteiger partial charge in [-0.05, 0) is 43.2 Å². The molecule has 25 heavy (non-hydrogen) atoms. The van der Waals surface area contributed by atoms with Gasteiger partial charge in [0.05, 0.1) is 17.9 Å². The predicted molar refractivity (Wildman–Crippen MR) is 101 cm³/mol. The van der Waals surface area contributed by atoms with Gasteiger partial charge in [-0.25, -0.2) is 4.79 Å². The highest BCUT2D eigenvalue weighted by Gasteiger charge is 2.16. The van der Waals surface area contributed by atoms with Crippen molar-refractivity contribution in [3.8, 4) is 22.4 Å². The summed E-state index contributed by atoms with van der Waals surface area (Å²) >= 11 is 5.99. The molecule has 0 saturated carbocycles. The molecule has 3 nitrogen and oxygen atoms in total. The van der Waals surface area contributed by atoms with Crippen LogP contribution in [-0.4, -0.2) is 17.6 Å². The van der Waals surface area contributed by atoms with Gasteiger partial charge in [-0.15, -0.1) is 0 Å². The van der Waals surface area contributed by atoms with Crippen molar-refractivity contribution in [1.29, 1.82) is 0 Å². The fourth-order valence-electron chi connectivity index (χ4n) is 2.58. The van der Waals surface area contributed by atoms with Gasteiger partial charge in [-0.1, -0.05) is 53.6 Å². The minimum absolute atomic E-state index is 0.318. The zero-order valence-corrected chi connectivity index (χ0v) is 14.9. The Balaban J connectivity index is 2.12. The summed E-state index contributed by atoms with van der Waals surface area (Å²) < 4.78 is 5.17. The Kier molecular flexibility index (Phi) is 5.15. The zero-order chi connectivity index (χ0) is 17.8. The molecule has 126 valence electrons. The van der Waals surface area contributed by atoms with E-state index in [0.29, 0.717) is 17.2 Å². The van der Waals surface area contributed by atoms with E-state index in [4.69, 9.17) is 16.3 Å². The van der Waals surface area contributed by atoms with Gasteiger partial charge >= 0.3 is 5.97 Å². The summed E-state index contributed by atoms with van der Waals surface area (Å²) in [6.45, 7) is 4.15. The van der Waals surface area contributed by atoms with E-state index in [1.165, 1.54) is 5.56 Å². The molecule has 0 fully saturated rings. The molecule has 3 aromatic rings. The molecule has 2 aromatic carbocycles. The standard InChI is InChI=1S/C21H18ClNO2/c1-3-25-21(24)19-13-23-20(16-6-4-14(2)5-7-16)12-18(19)15-8-10-17(22)11-9-15/h4-13H,3H2,1-2H3. The van der Waals surface area contributed by atoms with E-state index < -0.39 is 0 Å². The molecule has 0 spiro atoms. The van der Waals surface area contributed by atoms with Crippen LogP contribution in [0.2, 0.25) is 5.02 Å². The lowest BCUT2D eigenvalue weighted by Crippen LogP contribution is -2.07. The average molecular weight is 352 g/mol. The number of halogens is 1. The highest BCUT2D eigenvalue weighted by Crippen LogP contribution is 2.29. The number of ether oxygens (including phenoxy) is 1. The quantitative estimate of drug-likeness (QED) is 0.578. The van der Waals surface area contributed by atoms with Crippen LogP contribution in [0, 0.1) is 6.92 Å². The minimum atomic E-state index is -0.379. The first-order chi connectivity index (χ1) is 12.1. The summed E-state index contributed by atoms with van der Waals surface area (Å²) in [4.78, 5) is 16.8. The van der Waals surface area contributed by atoms with E-state index in [0.717, 1.165) is 22.4 Å². The maximum atomic E-state index is 12.3. The molecule has 1 aromatic heterocycles. The summed E-state index contributed by atoms with van der Waals surface area (Å²) in [5, 5.41) is 0.647. The molecule has 1 heterocycles. The molecule has 0 aliphatic rings. The third kappa shape index (κ3) is 3.89. The fourth-order valence-corrected chi connectivity index (χ4v) is 2.70. The molecule has 0 aliphatic heterocycles. The minimum Gasteiger partial charge on any atom is -0.462 e. The number of hydrogen-bond acceptors (Lipinski definition) is 3. The maximum Gasteiger partial charge on any atom is 0.340 e. The molecule has 0 bridgehead atoms. The summed E-state index contributed by atoms with van der Waals surface area (Å²) in [5.41, 5.74) is 5.10. The van der Waals surface area contributed by atoms with Crippen molar-refractivity contribution < 1.29 is 9.53 Å². The largest absolute Gasteiger partial charge is 0.462 e. The normalized spacial score (nSPS) is 10.5. The van der Waals surface area contributed by atoms with Gasteiger partial charge in [0.25, 0.3) is 0 Å². The third-order valence-corrected chi connectivity index (χ3v) is 4.15. The average Bonchev–Trinajstić information content (AvgIpc) is 2.63. The molecular weight excluding hydrogens is 334 g/mol. The molecule has 4 heteroatoms. The molecular formula is C21H18ClNO2. The number of aryl methyl sites for hydroxylation is 1. The van der Waals surface area contributed by atoms with Crippen molar-refractivity contribution in [2.75, 3.05) is 6.61 Å². The number of nitrogens with zero attached hydrogens (tertiary/aromatic N) is 1. The van der Waals surface area contributed by atoms with Gasteiger partial charge < -0.3 is 4.74 Å². The zero-order valence-electron chi connectivity index (χ0n) is 14.1. The first-order valence-corrected chi connectivity index (χ1v) is 8.46. The number of hydrogen-bond donors (Lipinski definition) is 0. The second-order valence-electron chi connectivity index (χ2n) is 5.71. The van der Waals surface area contributed by atoms with Crippen LogP contribution < -0.4 is 0 Å². The number of rotatable bonds is 4. The number of aromatic nitrogens is 1. The molecule has 0 aliphatic carbocycles. The van der Waals surface area contributed by atoms with E-state index in [2.05, 4.69) is 4.98 Å². The van der Waals surface area contributed by atoms with Crippen molar-refractivity contribution in [1.82, 2.24) is 4.98 Å². The molecule has 0 amide bonds. The first-order valence-electron chi connectivity index (χ1n) is 8.08. The van der Waals surface area contributed by atoms with Crippen LogP contribution in [0.25, 0.3) is 22.4 Å². The van der Waals surface area contributed by atoms with Gasteiger partial charge in [0, 0.05) is 16.8 Å². The van der Waals surface area contributed by atoms with Gasteiger partial charge in [0.1, 0.15) is 0 Å². The van der Waals surface area contributed by atoms with Crippen LogP contribution in [0.4, 0.5) is 0 Å². The monoisotopic (exact) mass is 351 g/mol. The number of benzene rings is 2. The van der Waals surface area contributed by atoms with E-state index >= 15 is 0 Å². The van der Waals surface area contributed by atoms with Crippen LogP contribution in [0.15, 0.2) is 60.8 Å². The lowest BCUT2D eigenvalue weighted by molar-refractivity contribution is 0.0527. The molecule has 0 N–H and O–H groups in total. The maximum absolute atomic E-state index is 12.3. The van der Waals surface area contributed by atoms with Gasteiger partial charge in [-0.2, -0.15) is 0 Å². The SMILES string of the molecule is CCOC(=O)c1cnc(-c2ccc(C)cc2)cc1-c1ccc(Cl)cc1. The highest BCUT2D eigenvalue weighted by atomic mass is 35.5. The van der Waals surface area contributed by atoms with Crippen LogP contribution in [0.1, 0.15) is 22.8 Å². The molecule has 3 rings (SSSR count). The van der Waals surface area contributed by atoms with Crippen LogP contribution in [-0.2, 0) is 4.74 Å². The second kappa shape index (κ2) is 7.49. The van der Waals surface area contributed by atoms with E-state index in [1.54, 1.807) is 25.3 Å². The summed E-state index contributed by atoms with van der Waals surface area (Å²) in [5.74, 6) is -0.379. The Bertz CT molecular complexity index is 887. The molecule has 0 atom stereocenters. The van der Waals surface area contributed by atoms with Crippen molar-refractivity contribution in [2.45, 2.75) is 13.8 Å². The molecule has 0 unspecified atom stereocenters. The molecule has 0 radical (unpaired) electrons. The summed E-state index contributed by atoms with van der Waals surface area (Å²) in [7, 11) is 0. The van der Waals surface area contributed by atoms with E-state index in [-0.39, 0.29) is 5.97 Å². The lowest BCUT2D eigenvalue weighted by Gasteiger charge is -2.11. The van der Waals surface area contributed by atoms with Crippen molar-refractivity contribution in [3.63, 3.8) is 0 Å². The second-order valence-corrected chi connectivity index (χ2v) is 6.14.